The first-order valence-corrected chi connectivity index (χ1v) is 5.64. The van der Waals surface area contributed by atoms with E-state index in [4.69, 9.17) is 4.74 Å². The number of methoxy groups -OCH3 is 1. The number of nitrogens with one attached hydrogen (secondary N) is 1. The van der Waals surface area contributed by atoms with Gasteiger partial charge in [-0.1, -0.05) is 52.8 Å². The van der Waals surface area contributed by atoms with Gasteiger partial charge in [-0.05, 0) is 5.56 Å². The van der Waals surface area contributed by atoms with E-state index in [0.29, 0.717) is 6.61 Å². The van der Waals surface area contributed by atoms with Crippen LogP contribution in [-0.2, 0) is 4.74 Å². The van der Waals surface area contributed by atoms with E-state index in [1.165, 1.54) is 5.56 Å². The zero-order valence-electron chi connectivity index (χ0n) is 8.87. The van der Waals surface area contributed by atoms with Gasteiger partial charge in [-0.2, -0.15) is 0 Å². The van der Waals surface area contributed by atoms with Gasteiger partial charge >= 0.3 is 0 Å². The number of hydrogen-bond acceptors (Lipinski definition) is 2. The fourth-order valence-corrected chi connectivity index (χ4v) is 1.52. The second-order valence-corrected chi connectivity index (χ2v) is 4.44. The van der Waals surface area contributed by atoms with Crippen LogP contribution in [0.4, 0.5) is 0 Å². The van der Waals surface area contributed by atoms with Crippen LogP contribution in [0.25, 0.3) is 0 Å². The molecule has 3 heteroatoms. The van der Waals surface area contributed by atoms with E-state index in [-0.39, 0.29) is 6.04 Å². The lowest BCUT2D eigenvalue weighted by atomic mass is 10.1. The van der Waals surface area contributed by atoms with Gasteiger partial charge in [0.25, 0.3) is 0 Å². The Morgan fingerprint density at radius 1 is 1.47 bits per heavy atom. The van der Waals surface area contributed by atoms with Gasteiger partial charge < -0.3 is 10.1 Å². The number of ether oxygens (including phenoxy) is 1. The van der Waals surface area contributed by atoms with Crippen molar-refractivity contribution in [1.29, 1.82) is 0 Å². The molecule has 0 unspecified atom stereocenters. The lowest BCUT2D eigenvalue weighted by molar-refractivity contribution is 0.168. The summed E-state index contributed by atoms with van der Waals surface area (Å²) in [5.74, 6) is 0. The van der Waals surface area contributed by atoms with Crippen LogP contribution >= 0.6 is 15.9 Å². The molecule has 0 spiro atoms. The van der Waals surface area contributed by atoms with Gasteiger partial charge in [0.05, 0.1) is 12.6 Å². The van der Waals surface area contributed by atoms with Crippen molar-refractivity contribution in [2.24, 2.45) is 0 Å². The number of hydrogen-bond donors (Lipinski definition) is 1. The molecule has 0 fully saturated rings. The Morgan fingerprint density at radius 3 is 2.67 bits per heavy atom. The van der Waals surface area contributed by atoms with Crippen molar-refractivity contribution >= 4 is 15.9 Å². The van der Waals surface area contributed by atoms with Crippen molar-refractivity contribution in [3.05, 3.63) is 47.0 Å². The van der Waals surface area contributed by atoms with Gasteiger partial charge in [-0.15, -0.1) is 0 Å². The summed E-state index contributed by atoms with van der Waals surface area (Å²) < 4.78 is 6.13. The molecule has 0 amide bonds. The fourth-order valence-electron chi connectivity index (χ4n) is 1.36. The minimum Gasteiger partial charge on any atom is -0.383 e. The molecule has 0 heterocycles. The molecule has 1 N–H and O–H groups in total. The third-order valence-electron chi connectivity index (χ3n) is 2.08. The number of halogens is 1. The zero-order chi connectivity index (χ0) is 11.1. The van der Waals surface area contributed by atoms with E-state index in [1.807, 2.05) is 18.2 Å². The Labute approximate surface area is 99.5 Å². The Balaban J connectivity index is 2.61. The lowest BCUT2D eigenvalue weighted by Crippen LogP contribution is -2.26. The smallest absolute Gasteiger partial charge is 0.0657 e. The van der Waals surface area contributed by atoms with E-state index >= 15 is 0 Å². The van der Waals surface area contributed by atoms with Crippen molar-refractivity contribution < 1.29 is 4.74 Å². The molecule has 0 bridgehead atoms. The van der Waals surface area contributed by atoms with Crippen molar-refractivity contribution in [3.63, 3.8) is 0 Å². The molecule has 0 saturated heterocycles. The molecule has 0 aromatic heterocycles. The Morgan fingerprint density at radius 2 is 2.13 bits per heavy atom. The molecule has 0 aliphatic carbocycles. The maximum absolute atomic E-state index is 5.18. The van der Waals surface area contributed by atoms with Gasteiger partial charge in [0.2, 0.25) is 0 Å². The predicted octanol–water partition coefficient (Wildman–Crippen LogP) is 2.87. The van der Waals surface area contributed by atoms with Crippen molar-refractivity contribution in [1.82, 2.24) is 5.32 Å². The minimum atomic E-state index is 0.213. The number of benzene rings is 1. The van der Waals surface area contributed by atoms with Gasteiger partial charge in [-0.25, -0.2) is 0 Å². The van der Waals surface area contributed by atoms with E-state index < -0.39 is 0 Å². The average molecular weight is 270 g/mol. The molecule has 15 heavy (non-hydrogen) atoms. The summed E-state index contributed by atoms with van der Waals surface area (Å²) in [5, 5.41) is 3.36. The first-order valence-electron chi connectivity index (χ1n) is 4.84. The van der Waals surface area contributed by atoms with Gasteiger partial charge in [-0.3, -0.25) is 0 Å². The van der Waals surface area contributed by atoms with Crippen LogP contribution < -0.4 is 5.32 Å². The second kappa shape index (κ2) is 6.77. The molecule has 1 atom stereocenters. The third-order valence-corrected chi connectivity index (χ3v) is 2.36. The second-order valence-electron chi connectivity index (χ2n) is 3.32. The monoisotopic (exact) mass is 269 g/mol. The average Bonchev–Trinajstić information content (AvgIpc) is 2.25. The van der Waals surface area contributed by atoms with Crippen LogP contribution in [0.15, 0.2) is 41.4 Å². The normalized spacial score (nSPS) is 12.4. The fraction of sp³-hybridized carbons (Fsp3) is 0.333. The summed E-state index contributed by atoms with van der Waals surface area (Å²) in [6.45, 7) is 5.19. The molecular formula is C12H16BrNO. The van der Waals surface area contributed by atoms with E-state index in [2.05, 4.69) is 40.0 Å². The molecule has 0 radical (unpaired) electrons. The van der Waals surface area contributed by atoms with Crippen molar-refractivity contribution in [2.75, 3.05) is 20.3 Å². The van der Waals surface area contributed by atoms with Crippen LogP contribution in [-0.4, -0.2) is 20.3 Å². The highest BCUT2D eigenvalue weighted by molar-refractivity contribution is 9.11. The Kier molecular flexibility index (Phi) is 5.61. The maximum atomic E-state index is 5.18. The molecule has 1 aromatic carbocycles. The lowest BCUT2D eigenvalue weighted by Gasteiger charge is -2.18. The van der Waals surface area contributed by atoms with Gasteiger partial charge in [0.15, 0.2) is 0 Å². The van der Waals surface area contributed by atoms with Crippen LogP contribution in [0, 0.1) is 0 Å². The predicted molar refractivity (Wildman–Crippen MR) is 67.1 cm³/mol. The van der Waals surface area contributed by atoms with E-state index in [1.54, 1.807) is 7.11 Å². The molecule has 82 valence electrons. The molecular weight excluding hydrogens is 254 g/mol. The maximum Gasteiger partial charge on any atom is 0.0657 e. The molecule has 2 nitrogen and oxygen atoms in total. The molecule has 0 aliphatic rings. The third kappa shape index (κ3) is 4.60. The largest absolute Gasteiger partial charge is 0.383 e. The standard InChI is InChI=1S/C12H16BrNO/c1-10(13)8-14-12(9-15-2)11-6-4-3-5-7-11/h3-7,12,14H,1,8-9H2,2H3/t12-/m0/s1. The quantitative estimate of drug-likeness (QED) is 0.858. The first-order chi connectivity index (χ1) is 7.24. The van der Waals surface area contributed by atoms with Crippen LogP contribution in [0.3, 0.4) is 0 Å². The molecule has 1 rings (SSSR count). The number of rotatable bonds is 6. The first kappa shape index (κ1) is 12.4. The Bertz CT molecular complexity index is 300. The summed E-state index contributed by atoms with van der Waals surface area (Å²) in [7, 11) is 1.71. The topological polar surface area (TPSA) is 21.3 Å². The summed E-state index contributed by atoms with van der Waals surface area (Å²) in [6.07, 6.45) is 0. The van der Waals surface area contributed by atoms with Gasteiger partial charge in [0.1, 0.15) is 0 Å². The highest BCUT2D eigenvalue weighted by Gasteiger charge is 2.09. The highest BCUT2D eigenvalue weighted by atomic mass is 79.9. The Hall–Kier alpha value is -0.640. The van der Waals surface area contributed by atoms with E-state index in [9.17, 15) is 0 Å². The van der Waals surface area contributed by atoms with Crippen LogP contribution in [0.5, 0.6) is 0 Å². The summed E-state index contributed by atoms with van der Waals surface area (Å²) in [6, 6.07) is 10.5. The van der Waals surface area contributed by atoms with Crippen LogP contribution in [0.1, 0.15) is 11.6 Å². The van der Waals surface area contributed by atoms with Crippen molar-refractivity contribution in [3.8, 4) is 0 Å². The molecule has 1 aromatic rings. The summed E-state index contributed by atoms with van der Waals surface area (Å²) in [5.41, 5.74) is 1.23. The van der Waals surface area contributed by atoms with E-state index in [0.717, 1.165) is 11.0 Å². The van der Waals surface area contributed by atoms with Gasteiger partial charge in [0, 0.05) is 18.1 Å². The minimum absolute atomic E-state index is 0.213. The summed E-state index contributed by atoms with van der Waals surface area (Å²) in [4.78, 5) is 0. The highest BCUT2D eigenvalue weighted by Crippen LogP contribution is 2.13. The van der Waals surface area contributed by atoms with Crippen molar-refractivity contribution in [2.45, 2.75) is 6.04 Å². The van der Waals surface area contributed by atoms with Crippen LogP contribution in [0.2, 0.25) is 0 Å². The summed E-state index contributed by atoms with van der Waals surface area (Å²) >= 11 is 3.33. The molecule has 0 aliphatic heterocycles. The molecule has 0 saturated carbocycles. The zero-order valence-corrected chi connectivity index (χ0v) is 10.5. The SMILES string of the molecule is C=C(Br)CN[C@@H](COC)c1ccccc1.